The second-order valence-corrected chi connectivity index (χ2v) is 5.10. The van der Waals surface area contributed by atoms with Crippen molar-refractivity contribution in [2.75, 3.05) is 5.32 Å². The minimum Gasteiger partial charge on any atom is -0.379 e. The molecule has 0 aliphatic carbocycles. The predicted molar refractivity (Wildman–Crippen MR) is 83.1 cm³/mol. The highest BCUT2D eigenvalue weighted by Crippen LogP contribution is 2.20. The van der Waals surface area contributed by atoms with Crippen LogP contribution in [0.4, 0.5) is 5.69 Å². The van der Waals surface area contributed by atoms with Gasteiger partial charge in [-0.05, 0) is 42.8 Å². The first-order valence-corrected chi connectivity index (χ1v) is 6.81. The molecule has 0 unspecified atom stereocenters. The Morgan fingerprint density at radius 2 is 1.90 bits per heavy atom. The van der Waals surface area contributed by atoms with Gasteiger partial charge in [0.15, 0.2) is 0 Å². The molecule has 100 valence electrons. The van der Waals surface area contributed by atoms with Crippen molar-refractivity contribution in [1.29, 1.82) is 0 Å². The van der Waals surface area contributed by atoms with Gasteiger partial charge in [-0.1, -0.05) is 23.7 Å². The van der Waals surface area contributed by atoms with Crippen LogP contribution in [0.15, 0.2) is 48.7 Å². The van der Waals surface area contributed by atoms with E-state index in [9.17, 15) is 0 Å². The molecule has 0 saturated carbocycles. The second kappa shape index (κ2) is 5.47. The fourth-order valence-corrected chi connectivity index (χ4v) is 2.32. The van der Waals surface area contributed by atoms with Crippen molar-refractivity contribution in [3.8, 4) is 0 Å². The minimum absolute atomic E-state index is 0.639. The summed E-state index contributed by atoms with van der Waals surface area (Å²) in [7, 11) is 0. The van der Waals surface area contributed by atoms with E-state index in [0.29, 0.717) is 6.54 Å². The molecule has 1 aromatic heterocycles. The van der Waals surface area contributed by atoms with E-state index in [4.69, 9.17) is 11.6 Å². The quantitative estimate of drug-likeness (QED) is 0.783. The van der Waals surface area contributed by atoms with Crippen molar-refractivity contribution >= 4 is 28.3 Å². The van der Waals surface area contributed by atoms with E-state index >= 15 is 0 Å². The van der Waals surface area contributed by atoms with Gasteiger partial charge in [0, 0.05) is 10.7 Å². The van der Waals surface area contributed by atoms with Gasteiger partial charge < -0.3 is 5.32 Å². The van der Waals surface area contributed by atoms with E-state index in [1.807, 2.05) is 49.4 Å². The van der Waals surface area contributed by atoms with Gasteiger partial charge in [-0.2, -0.15) is 0 Å². The first kappa shape index (κ1) is 12.9. The molecule has 0 fully saturated rings. The Labute approximate surface area is 122 Å². The largest absolute Gasteiger partial charge is 0.379 e. The molecule has 1 heterocycles. The maximum absolute atomic E-state index is 5.95. The van der Waals surface area contributed by atoms with Crippen LogP contribution in [0.5, 0.6) is 0 Å². The third kappa shape index (κ3) is 2.73. The van der Waals surface area contributed by atoms with Crippen LogP contribution in [0.25, 0.3) is 11.0 Å². The van der Waals surface area contributed by atoms with Crippen LogP contribution in [0.1, 0.15) is 11.3 Å². The molecule has 2 aromatic carbocycles. The molecule has 3 aromatic rings. The lowest BCUT2D eigenvalue weighted by atomic mass is 10.2. The summed E-state index contributed by atoms with van der Waals surface area (Å²) in [6.45, 7) is 2.67. The summed E-state index contributed by atoms with van der Waals surface area (Å²) in [5.74, 6) is 0. The van der Waals surface area contributed by atoms with E-state index in [1.165, 1.54) is 0 Å². The summed E-state index contributed by atoms with van der Waals surface area (Å²) in [4.78, 5) is 8.99. The molecule has 0 aliphatic heterocycles. The van der Waals surface area contributed by atoms with Crippen LogP contribution in [-0.2, 0) is 6.54 Å². The third-order valence-electron chi connectivity index (χ3n) is 3.15. The summed E-state index contributed by atoms with van der Waals surface area (Å²) < 4.78 is 0. The number of nitrogens with one attached hydrogen (secondary N) is 1. The number of rotatable bonds is 3. The number of benzene rings is 2. The third-order valence-corrected chi connectivity index (χ3v) is 3.38. The molecule has 0 saturated heterocycles. The molecular formula is C16H14ClN3. The first-order valence-electron chi connectivity index (χ1n) is 6.43. The molecule has 0 radical (unpaired) electrons. The van der Waals surface area contributed by atoms with Gasteiger partial charge in [-0.15, -0.1) is 0 Å². The highest BCUT2D eigenvalue weighted by molar-refractivity contribution is 6.30. The summed E-state index contributed by atoms with van der Waals surface area (Å²) in [5.41, 5.74) is 4.92. The standard InChI is InChI=1S/C16H14ClN3/c1-11-8-12(17)6-7-14(11)18-9-13-10-19-15-4-2-3-5-16(15)20-13/h2-8,10,18H,9H2,1H3. The number of aromatic nitrogens is 2. The number of halogens is 1. The SMILES string of the molecule is Cc1cc(Cl)ccc1NCc1cnc2ccccc2n1. The van der Waals surface area contributed by atoms with Gasteiger partial charge >= 0.3 is 0 Å². The highest BCUT2D eigenvalue weighted by atomic mass is 35.5. The van der Waals surface area contributed by atoms with Crippen LogP contribution >= 0.6 is 11.6 Å². The number of aryl methyl sites for hydroxylation is 1. The number of nitrogens with zero attached hydrogens (tertiary/aromatic N) is 2. The molecule has 0 amide bonds. The Kier molecular flexibility index (Phi) is 3.52. The lowest BCUT2D eigenvalue weighted by Crippen LogP contribution is -2.03. The zero-order valence-corrected chi connectivity index (χ0v) is 11.9. The zero-order valence-electron chi connectivity index (χ0n) is 11.1. The van der Waals surface area contributed by atoms with Crippen molar-refractivity contribution in [3.05, 3.63) is 64.9 Å². The number of para-hydroxylation sites is 2. The van der Waals surface area contributed by atoms with E-state index in [0.717, 1.165) is 33.0 Å². The van der Waals surface area contributed by atoms with Gasteiger partial charge in [0.2, 0.25) is 0 Å². The predicted octanol–water partition coefficient (Wildman–Crippen LogP) is 4.20. The van der Waals surface area contributed by atoms with Crippen LogP contribution in [0, 0.1) is 6.92 Å². The van der Waals surface area contributed by atoms with Crippen molar-refractivity contribution < 1.29 is 0 Å². The van der Waals surface area contributed by atoms with Crippen molar-refractivity contribution in [2.24, 2.45) is 0 Å². The van der Waals surface area contributed by atoms with Gasteiger partial charge in [-0.25, -0.2) is 4.98 Å². The zero-order chi connectivity index (χ0) is 13.9. The molecule has 20 heavy (non-hydrogen) atoms. The smallest absolute Gasteiger partial charge is 0.0890 e. The molecule has 0 aliphatic rings. The summed E-state index contributed by atoms with van der Waals surface area (Å²) in [6, 6.07) is 13.7. The molecule has 1 N–H and O–H groups in total. The number of hydrogen-bond donors (Lipinski definition) is 1. The van der Waals surface area contributed by atoms with E-state index in [1.54, 1.807) is 6.20 Å². The Morgan fingerprint density at radius 1 is 1.10 bits per heavy atom. The lowest BCUT2D eigenvalue weighted by molar-refractivity contribution is 1.04. The summed E-state index contributed by atoms with van der Waals surface area (Å²) in [5, 5.41) is 4.11. The van der Waals surface area contributed by atoms with Crippen molar-refractivity contribution in [3.63, 3.8) is 0 Å². The molecule has 0 spiro atoms. The van der Waals surface area contributed by atoms with Gasteiger partial charge in [0.25, 0.3) is 0 Å². The van der Waals surface area contributed by atoms with E-state index in [-0.39, 0.29) is 0 Å². The Balaban J connectivity index is 1.79. The van der Waals surface area contributed by atoms with Gasteiger partial charge in [-0.3, -0.25) is 4.98 Å². The van der Waals surface area contributed by atoms with E-state index in [2.05, 4.69) is 15.3 Å². The number of anilines is 1. The first-order chi connectivity index (χ1) is 9.72. The summed E-state index contributed by atoms with van der Waals surface area (Å²) in [6.07, 6.45) is 1.81. The van der Waals surface area contributed by atoms with Crippen LogP contribution in [0.2, 0.25) is 5.02 Å². The maximum atomic E-state index is 5.95. The lowest BCUT2D eigenvalue weighted by Gasteiger charge is -2.09. The molecule has 4 heteroatoms. The molecule has 3 rings (SSSR count). The Hall–Kier alpha value is -2.13. The molecule has 0 bridgehead atoms. The molecular weight excluding hydrogens is 270 g/mol. The van der Waals surface area contributed by atoms with Crippen molar-refractivity contribution in [1.82, 2.24) is 9.97 Å². The fraction of sp³-hybridized carbons (Fsp3) is 0.125. The Bertz CT molecular complexity index is 756. The second-order valence-electron chi connectivity index (χ2n) is 4.66. The monoisotopic (exact) mass is 283 g/mol. The minimum atomic E-state index is 0.639. The van der Waals surface area contributed by atoms with Gasteiger partial charge in [0.1, 0.15) is 0 Å². The number of fused-ring (bicyclic) bond motifs is 1. The van der Waals surface area contributed by atoms with Crippen LogP contribution in [-0.4, -0.2) is 9.97 Å². The Morgan fingerprint density at radius 3 is 2.70 bits per heavy atom. The average molecular weight is 284 g/mol. The normalized spacial score (nSPS) is 10.7. The maximum Gasteiger partial charge on any atom is 0.0890 e. The summed E-state index contributed by atoms with van der Waals surface area (Å²) >= 11 is 5.95. The number of hydrogen-bond acceptors (Lipinski definition) is 3. The van der Waals surface area contributed by atoms with E-state index < -0.39 is 0 Å². The molecule has 3 nitrogen and oxygen atoms in total. The topological polar surface area (TPSA) is 37.8 Å². The van der Waals surface area contributed by atoms with Gasteiger partial charge in [0.05, 0.1) is 29.5 Å². The van der Waals surface area contributed by atoms with Crippen molar-refractivity contribution in [2.45, 2.75) is 13.5 Å². The molecule has 0 atom stereocenters. The fourth-order valence-electron chi connectivity index (χ4n) is 2.09. The highest BCUT2D eigenvalue weighted by Gasteiger charge is 2.02. The van der Waals surface area contributed by atoms with Crippen LogP contribution in [0.3, 0.4) is 0 Å². The van der Waals surface area contributed by atoms with Crippen LogP contribution < -0.4 is 5.32 Å². The average Bonchev–Trinajstić information content (AvgIpc) is 2.46.